The second-order valence-corrected chi connectivity index (χ2v) is 6.07. The molecule has 0 aromatic heterocycles. The lowest BCUT2D eigenvalue weighted by Gasteiger charge is -2.31. The topological polar surface area (TPSA) is 12.0 Å². The van der Waals surface area contributed by atoms with Crippen LogP contribution >= 0.6 is 15.9 Å². The fourth-order valence-corrected chi connectivity index (χ4v) is 2.90. The zero-order chi connectivity index (χ0) is 14.0. The van der Waals surface area contributed by atoms with E-state index in [9.17, 15) is 13.2 Å². The van der Waals surface area contributed by atoms with E-state index in [1.54, 1.807) is 0 Å². The van der Waals surface area contributed by atoms with Gasteiger partial charge >= 0.3 is 6.18 Å². The van der Waals surface area contributed by atoms with Crippen molar-refractivity contribution in [2.24, 2.45) is 5.92 Å². The lowest BCUT2D eigenvalue weighted by atomic mass is 9.85. The van der Waals surface area contributed by atoms with E-state index < -0.39 is 12.1 Å². The fraction of sp³-hybridized carbons (Fsp3) is 0.571. The van der Waals surface area contributed by atoms with Crippen molar-refractivity contribution in [2.45, 2.75) is 44.8 Å². The van der Waals surface area contributed by atoms with Gasteiger partial charge in [0, 0.05) is 16.2 Å². The third kappa shape index (κ3) is 3.88. The summed E-state index contributed by atoms with van der Waals surface area (Å²) in [4.78, 5) is 0. The molecule has 0 bridgehead atoms. The van der Waals surface area contributed by atoms with Gasteiger partial charge in [0.25, 0.3) is 0 Å². The second kappa shape index (κ2) is 5.73. The fourth-order valence-electron chi connectivity index (χ4n) is 2.53. The summed E-state index contributed by atoms with van der Waals surface area (Å²) in [5.41, 5.74) is 2.10. The summed E-state index contributed by atoms with van der Waals surface area (Å²) < 4.78 is 38.7. The highest BCUT2D eigenvalue weighted by Gasteiger charge is 2.41. The standard InChI is InChI=1S/C14H17BrF3N/c1-9-2-7-12(15)13(8-9)19-11-5-3-10(4-6-11)14(16,17)18/h2,7-8,10-11,19H,3-6H2,1H3. The maximum Gasteiger partial charge on any atom is 0.391 e. The Balaban J connectivity index is 1.94. The van der Waals surface area contributed by atoms with Crippen molar-refractivity contribution in [3.8, 4) is 0 Å². The van der Waals surface area contributed by atoms with E-state index in [4.69, 9.17) is 0 Å². The predicted molar refractivity (Wildman–Crippen MR) is 74.3 cm³/mol. The molecule has 1 aliphatic rings. The maximum absolute atomic E-state index is 12.6. The van der Waals surface area contributed by atoms with Crippen LogP contribution in [0.25, 0.3) is 0 Å². The van der Waals surface area contributed by atoms with Crippen LogP contribution in [0.2, 0.25) is 0 Å². The number of aryl methyl sites for hydroxylation is 1. The van der Waals surface area contributed by atoms with Crippen LogP contribution in [0.15, 0.2) is 22.7 Å². The van der Waals surface area contributed by atoms with Gasteiger partial charge in [0.05, 0.1) is 5.92 Å². The lowest BCUT2D eigenvalue weighted by Crippen LogP contribution is -2.32. The van der Waals surface area contributed by atoms with Crippen LogP contribution in [-0.2, 0) is 0 Å². The SMILES string of the molecule is Cc1ccc(Br)c(NC2CCC(C(F)(F)F)CC2)c1. The number of halogens is 4. The van der Waals surface area contributed by atoms with Crippen molar-refractivity contribution in [1.29, 1.82) is 0 Å². The van der Waals surface area contributed by atoms with E-state index in [0.29, 0.717) is 12.8 Å². The Morgan fingerprint density at radius 2 is 1.79 bits per heavy atom. The summed E-state index contributed by atoms with van der Waals surface area (Å²) in [6.07, 6.45) is -2.43. The molecule has 0 aliphatic heterocycles. The summed E-state index contributed by atoms with van der Waals surface area (Å²) in [6, 6.07) is 6.10. The number of hydrogen-bond donors (Lipinski definition) is 1. The van der Waals surface area contributed by atoms with Crippen LogP contribution in [0.3, 0.4) is 0 Å². The molecule has 0 radical (unpaired) electrons. The van der Waals surface area contributed by atoms with Crippen molar-refractivity contribution in [3.05, 3.63) is 28.2 Å². The summed E-state index contributed by atoms with van der Waals surface area (Å²) in [6.45, 7) is 2.00. The maximum atomic E-state index is 12.6. The minimum absolute atomic E-state index is 0.136. The highest BCUT2D eigenvalue weighted by atomic mass is 79.9. The van der Waals surface area contributed by atoms with Gasteiger partial charge < -0.3 is 5.32 Å². The lowest BCUT2D eigenvalue weighted by molar-refractivity contribution is -0.182. The van der Waals surface area contributed by atoms with Crippen molar-refractivity contribution in [3.63, 3.8) is 0 Å². The molecule has 0 saturated heterocycles. The molecule has 19 heavy (non-hydrogen) atoms. The molecular formula is C14H17BrF3N. The highest BCUT2D eigenvalue weighted by molar-refractivity contribution is 9.10. The van der Waals surface area contributed by atoms with E-state index in [0.717, 1.165) is 15.7 Å². The van der Waals surface area contributed by atoms with Gasteiger partial charge in [-0.3, -0.25) is 0 Å². The molecule has 1 saturated carbocycles. The second-order valence-electron chi connectivity index (χ2n) is 5.22. The monoisotopic (exact) mass is 335 g/mol. The van der Waals surface area contributed by atoms with Gasteiger partial charge in [-0.25, -0.2) is 0 Å². The molecule has 106 valence electrons. The third-order valence-corrected chi connectivity index (χ3v) is 4.36. The Bertz CT molecular complexity index is 437. The van der Waals surface area contributed by atoms with Crippen molar-refractivity contribution < 1.29 is 13.2 Å². The molecular weight excluding hydrogens is 319 g/mol. The molecule has 5 heteroatoms. The first-order valence-electron chi connectivity index (χ1n) is 6.45. The van der Waals surface area contributed by atoms with Crippen LogP contribution in [0.5, 0.6) is 0 Å². The van der Waals surface area contributed by atoms with Gasteiger partial charge in [-0.1, -0.05) is 6.07 Å². The minimum Gasteiger partial charge on any atom is -0.381 e. The number of hydrogen-bond acceptors (Lipinski definition) is 1. The molecule has 1 aliphatic carbocycles. The molecule has 0 heterocycles. The molecule has 1 fully saturated rings. The number of rotatable bonds is 2. The van der Waals surface area contributed by atoms with E-state index in [1.807, 2.05) is 25.1 Å². The van der Waals surface area contributed by atoms with Gasteiger partial charge in [0.15, 0.2) is 0 Å². The number of benzene rings is 1. The van der Waals surface area contributed by atoms with Crippen molar-refractivity contribution in [1.82, 2.24) is 0 Å². The minimum atomic E-state index is -4.03. The molecule has 0 spiro atoms. The molecule has 1 N–H and O–H groups in total. The molecule has 2 rings (SSSR count). The van der Waals surface area contributed by atoms with Crippen LogP contribution in [-0.4, -0.2) is 12.2 Å². The zero-order valence-electron chi connectivity index (χ0n) is 10.7. The molecule has 0 amide bonds. The van der Waals surface area contributed by atoms with Crippen molar-refractivity contribution in [2.75, 3.05) is 5.32 Å². The van der Waals surface area contributed by atoms with Crippen molar-refractivity contribution >= 4 is 21.6 Å². The average molecular weight is 336 g/mol. The summed E-state index contributed by atoms with van der Waals surface area (Å²) >= 11 is 3.46. The Hall–Kier alpha value is -0.710. The quantitative estimate of drug-likeness (QED) is 0.774. The molecule has 1 nitrogen and oxygen atoms in total. The number of nitrogens with one attached hydrogen (secondary N) is 1. The Morgan fingerprint density at radius 1 is 1.16 bits per heavy atom. The van der Waals surface area contributed by atoms with Crippen LogP contribution < -0.4 is 5.32 Å². The number of alkyl halides is 3. The van der Waals surface area contributed by atoms with E-state index >= 15 is 0 Å². The van der Waals surface area contributed by atoms with Gasteiger partial charge in [-0.2, -0.15) is 13.2 Å². The predicted octanol–water partition coefficient (Wildman–Crippen LogP) is 5.29. The largest absolute Gasteiger partial charge is 0.391 e. The Labute approximate surface area is 119 Å². The highest BCUT2D eigenvalue weighted by Crippen LogP contribution is 2.38. The Kier molecular flexibility index (Phi) is 4.43. The van der Waals surface area contributed by atoms with E-state index in [2.05, 4.69) is 21.2 Å². The van der Waals surface area contributed by atoms with E-state index in [1.165, 1.54) is 0 Å². The molecule has 0 unspecified atom stereocenters. The summed E-state index contributed by atoms with van der Waals surface area (Å²) in [5, 5.41) is 3.35. The average Bonchev–Trinajstić information content (AvgIpc) is 2.33. The first-order valence-corrected chi connectivity index (χ1v) is 7.25. The van der Waals surface area contributed by atoms with Crippen LogP contribution in [0.4, 0.5) is 18.9 Å². The van der Waals surface area contributed by atoms with E-state index in [-0.39, 0.29) is 18.9 Å². The van der Waals surface area contributed by atoms with Gasteiger partial charge in [-0.05, 0) is 66.2 Å². The van der Waals surface area contributed by atoms with Gasteiger partial charge in [0.1, 0.15) is 0 Å². The normalized spacial score (nSPS) is 24.3. The van der Waals surface area contributed by atoms with Crippen LogP contribution in [0.1, 0.15) is 31.2 Å². The summed E-state index contributed by atoms with van der Waals surface area (Å²) in [7, 11) is 0. The zero-order valence-corrected chi connectivity index (χ0v) is 12.3. The van der Waals surface area contributed by atoms with Crippen LogP contribution in [0, 0.1) is 12.8 Å². The first-order chi connectivity index (χ1) is 8.86. The first kappa shape index (κ1) is 14.7. The van der Waals surface area contributed by atoms with Gasteiger partial charge in [-0.15, -0.1) is 0 Å². The Morgan fingerprint density at radius 3 is 2.37 bits per heavy atom. The number of anilines is 1. The summed E-state index contributed by atoms with van der Waals surface area (Å²) in [5.74, 6) is -1.12. The molecule has 0 atom stereocenters. The molecule has 1 aromatic rings. The third-order valence-electron chi connectivity index (χ3n) is 3.67. The van der Waals surface area contributed by atoms with Gasteiger partial charge in [0.2, 0.25) is 0 Å². The smallest absolute Gasteiger partial charge is 0.381 e. The molecule has 1 aromatic carbocycles.